The number of rotatable bonds is 5. The molecule has 0 aliphatic rings. The highest BCUT2D eigenvalue weighted by Gasteiger charge is 2.20. The van der Waals surface area contributed by atoms with Crippen molar-refractivity contribution in [1.29, 1.82) is 0 Å². The molecule has 96 valence electrons. The first-order valence-corrected chi connectivity index (χ1v) is 6.34. The lowest BCUT2D eigenvalue weighted by molar-refractivity contribution is 0.356. The van der Waals surface area contributed by atoms with Crippen molar-refractivity contribution in [3.05, 3.63) is 47.6 Å². The zero-order valence-corrected chi connectivity index (χ0v) is 10.8. The highest BCUT2D eigenvalue weighted by atomic mass is 16.5. The zero-order valence-electron chi connectivity index (χ0n) is 10.8. The summed E-state index contributed by atoms with van der Waals surface area (Å²) in [6, 6.07) is 10.2. The molecule has 0 aliphatic carbocycles. The summed E-state index contributed by atoms with van der Waals surface area (Å²) in [5.74, 6) is 1.68. The van der Waals surface area contributed by atoms with Gasteiger partial charge in [0.25, 0.3) is 0 Å². The monoisotopic (exact) mass is 245 g/mol. The second kappa shape index (κ2) is 5.78. The van der Waals surface area contributed by atoms with Gasteiger partial charge in [0.1, 0.15) is 0 Å². The van der Waals surface area contributed by atoms with Crippen LogP contribution in [0, 0.1) is 0 Å². The van der Waals surface area contributed by atoms with Crippen molar-refractivity contribution in [3.63, 3.8) is 0 Å². The molecule has 4 nitrogen and oxygen atoms in total. The highest BCUT2D eigenvalue weighted by molar-refractivity contribution is 5.24. The molecule has 0 spiro atoms. The van der Waals surface area contributed by atoms with Gasteiger partial charge in [0.05, 0.1) is 5.92 Å². The summed E-state index contributed by atoms with van der Waals surface area (Å²) in [7, 11) is 0. The van der Waals surface area contributed by atoms with Crippen molar-refractivity contribution in [2.45, 2.75) is 32.1 Å². The van der Waals surface area contributed by atoms with Crippen LogP contribution in [-0.4, -0.2) is 16.7 Å². The number of hydrogen-bond donors (Lipinski definition) is 1. The Balaban J connectivity index is 2.26. The highest BCUT2D eigenvalue weighted by Crippen LogP contribution is 2.27. The summed E-state index contributed by atoms with van der Waals surface area (Å²) in [5.41, 5.74) is 6.82. The van der Waals surface area contributed by atoms with E-state index in [0.717, 1.165) is 6.42 Å². The van der Waals surface area contributed by atoms with Gasteiger partial charge in [0.2, 0.25) is 5.89 Å². The Kier molecular flexibility index (Phi) is 4.10. The lowest BCUT2D eigenvalue weighted by atomic mass is 9.96. The molecule has 0 saturated carbocycles. The minimum atomic E-state index is 0.135. The van der Waals surface area contributed by atoms with Gasteiger partial charge in [-0.25, -0.2) is 0 Å². The van der Waals surface area contributed by atoms with Crippen molar-refractivity contribution >= 4 is 0 Å². The van der Waals surface area contributed by atoms with Crippen LogP contribution in [0.3, 0.4) is 0 Å². The molecule has 0 fully saturated rings. The van der Waals surface area contributed by atoms with Gasteiger partial charge in [-0.05, 0) is 12.0 Å². The molecule has 1 aromatic heterocycles. The first-order valence-electron chi connectivity index (χ1n) is 6.34. The summed E-state index contributed by atoms with van der Waals surface area (Å²) in [4.78, 5) is 4.47. The van der Waals surface area contributed by atoms with Crippen molar-refractivity contribution in [2.24, 2.45) is 5.73 Å². The molecule has 2 aromatic rings. The minimum Gasteiger partial charge on any atom is -0.339 e. The summed E-state index contributed by atoms with van der Waals surface area (Å²) in [6.45, 7) is 4.65. The van der Waals surface area contributed by atoms with Gasteiger partial charge >= 0.3 is 0 Å². The van der Waals surface area contributed by atoms with Crippen LogP contribution in [0.25, 0.3) is 0 Å². The van der Waals surface area contributed by atoms with Gasteiger partial charge in [0, 0.05) is 12.5 Å². The number of nitrogens with zero attached hydrogens (tertiary/aromatic N) is 2. The predicted molar refractivity (Wildman–Crippen MR) is 70.3 cm³/mol. The van der Waals surface area contributed by atoms with E-state index in [1.54, 1.807) is 0 Å². The van der Waals surface area contributed by atoms with Crippen LogP contribution in [0.2, 0.25) is 0 Å². The lowest BCUT2D eigenvalue weighted by Crippen LogP contribution is -2.10. The van der Waals surface area contributed by atoms with E-state index >= 15 is 0 Å². The second-order valence-corrected chi connectivity index (χ2v) is 4.50. The molecular formula is C14H19N3O. The van der Waals surface area contributed by atoms with Crippen LogP contribution in [0.1, 0.15) is 49.4 Å². The van der Waals surface area contributed by atoms with E-state index in [1.807, 2.05) is 25.1 Å². The van der Waals surface area contributed by atoms with Crippen molar-refractivity contribution < 1.29 is 4.52 Å². The second-order valence-electron chi connectivity index (χ2n) is 4.50. The summed E-state index contributed by atoms with van der Waals surface area (Å²) < 4.78 is 5.38. The third kappa shape index (κ3) is 2.59. The van der Waals surface area contributed by atoms with Crippen LogP contribution >= 0.6 is 0 Å². The standard InChI is InChI=1S/C14H19N3O/c1-3-12(11-7-5-4-6-8-11)14-16-13(17-18-14)10(2)9-15/h4-8,10,12H,3,9,15H2,1-2H3. The Bertz CT molecular complexity index is 481. The molecule has 0 saturated heterocycles. The van der Waals surface area contributed by atoms with Crippen molar-refractivity contribution in [2.75, 3.05) is 6.54 Å². The minimum absolute atomic E-state index is 0.135. The van der Waals surface area contributed by atoms with Crippen molar-refractivity contribution in [3.8, 4) is 0 Å². The van der Waals surface area contributed by atoms with Crippen LogP contribution in [-0.2, 0) is 0 Å². The molecule has 2 rings (SSSR count). The molecule has 2 N–H and O–H groups in total. The fourth-order valence-corrected chi connectivity index (χ4v) is 1.93. The SMILES string of the molecule is CCC(c1ccccc1)c1nc(C(C)CN)no1. The van der Waals surface area contributed by atoms with Crippen LogP contribution in [0.15, 0.2) is 34.9 Å². The maximum atomic E-state index is 5.61. The number of benzene rings is 1. The molecule has 0 aliphatic heterocycles. The third-order valence-electron chi connectivity index (χ3n) is 3.16. The van der Waals surface area contributed by atoms with E-state index in [0.29, 0.717) is 18.3 Å². The van der Waals surface area contributed by atoms with Gasteiger partial charge in [-0.15, -0.1) is 0 Å². The average molecular weight is 245 g/mol. The Morgan fingerprint density at radius 2 is 2.00 bits per heavy atom. The normalized spacial score (nSPS) is 14.4. The predicted octanol–water partition coefficient (Wildman–Crippen LogP) is 2.67. The number of aromatic nitrogens is 2. The molecule has 0 amide bonds. The molecule has 4 heteroatoms. The molecule has 1 aromatic carbocycles. The third-order valence-corrected chi connectivity index (χ3v) is 3.16. The zero-order chi connectivity index (χ0) is 13.0. The topological polar surface area (TPSA) is 64.9 Å². The van der Waals surface area contributed by atoms with E-state index in [1.165, 1.54) is 5.56 Å². The Morgan fingerprint density at radius 1 is 1.28 bits per heavy atom. The van der Waals surface area contributed by atoms with E-state index in [9.17, 15) is 0 Å². The average Bonchev–Trinajstić information content (AvgIpc) is 2.89. The van der Waals surface area contributed by atoms with Gasteiger partial charge < -0.3 is 10.3 Å². The van der Waals surface area contributed by atoms with Crippen LogP contribution in [0.5, 0.6) is 0 Å². The van der Waals surface area contributed by atoms with Gasteiger partial charge in [0.15, 0.2) is 5.82 Å². The molecule has 0 radical (unpaired) electrons. The Morgan fingerprint density at radius 3 is 2.61 bits per heavy atom. The molecule has 2 atom stereocenters. The molecule has 1 heterocycles. The molecule has 2 unspecified atom stereocenters. The van der Waals surface area contributed by atoms with E-state index in [4.69, 9.17) is 10.3 Å². The van der Waals surface area contributed by atoms with E-state index in [2.05, 4.69) is 29.2 Å². The van der Waals surface area contributed by atoms with Gasteiger partial charge in [-0.1, -0.05) is 49.3 Å². The maximum absolute atomic E-state index is 5.61. The maximum Gasteiger partial charge on any atom is 0.234 e. The smallest absolute Gasteiger partial charge is 0.234 e. The molecular weight excluding hydrogens is 226 g/mol. The quantitative estimate of drug-likeness (QED) is 0.879. The summed E-state index contributed by atoms with van der Waals surface area (Å²) in [6.07, 6.45) is 0.933. The van der Waals surface area contributed by atoms with Crippen LogP contribution in [0.4, 0.5) is 0 Å². The van der Waals surface area contributed by atoms with E-state index in [-0.39, 0.29) is 11.8 Å². The van der Waals surface area contributed by atoms with Gasteiger partial charge in [-0.2, -0.15) is 4.98 Å². The fraction of sp³-hybridized carbons (Fsp3) is 0.429. The summed E-state index contributed by atoms with van der Waals surface area (Å²) in [5, 5.41) is 4.02. The number of nitrogens with two attached hydrogens (primary N) is 1. The van der Waals surface area contributed by atoms with Crippen molar-refractivity contribution in [1.82, 2.24) is 10.1 Å². The molecule has 18 heavy (non-hydrogen) atoms. The molecule has 0 bridgehead atoms. The van der Waals surface area contributed by atoms with Gasteiger partial charge in [-0.3, -0.25) is 0 Å². The first-order chi connectivity index (χ1) is 8.76. The Hall–Kier alpha value is -1.68. The largest absolute Gasteiger partial charge is 0.339 e. The fourth-order valence-electron chi connectivity index (χ4n) is 1.93. The Labute approximate surface area is 107 Å². The summed E-state index contributed by atoms with van der Waals surface area (Å²) >= 11 is 0. The number of hydrogen-bond acceptors (Lipinski definition) is 4. The lowest BCUT2D eigenvalue weighted by Gasteiger charge is -2.09. The first kappa shape index (κ1) is 12.8. The van der Waals surface area contributed by atoms with Crippen LogP contribution < -0.4 is 5.73 Å². The van der Waals surface area contributed by atoms with E-state index < -0.39 is 0 Å².